The van der Waals surface area contributed by atoms with E-state index in [0.29, 0.717) is 18.1 Å². The summed E-state index contributed by atoms with van der Waals surface area (Å²) in [5.74, 6) is -1.18. The minimum Gasteiger partial charge on any atom is -0.490 e. The Morgan fingerprint density at radius 1 is 0.933 bits per heavy atom. The van der Waals surface area contributed by atoms with Gasteiger partial charge in [0.15, 0.2) is 11.6 Å². The van der Waals surface area contributed by atoms with E-state index in [4.69, 9.17) is 4.74 Å². The van der Waals surface area contributed by atoms with E-state index in [1.165, 1.54) is 0 Å². The molecule has 0 aromatic heterocycles. The van der Waals surface area contributed by atoms with Gasteiger partial charge in [0.2, 0.25) is 5.82 Å². The van der Waals surface area contributed by atoms with Crippen molar-refractivity contribution in [3.05, 3.63) is 64.5 Å². The van der Waals surface area contributed by atoms with Gasteiger partial charge in [0.05, 0.1) is 6.61 Å². The Hall–Kier alpha value is -1.97. The molecule has 1 aliphatic rings. The third-order valence-electron chi connectivity index (χ3n) is 6.40. The Bertz CT molecular complexity index is 825. The lowest BCUT2D eigenvalue weighted by Crippen LogP contribution is -2.16. The normalized spacial score (nSPS) is 19.1. The molecule has 0 spiro atoms. The second-order valence-electron chi connectivity index (χ2n) is 8.69. The van der Waals surface area contributed by atoms with E-state index in [9.17, 15) is 13.2 Å². The number of ether oxygens (including phenoxy) is 1. The monoisotopic (exact) mass is 418 g/mol. The second-order valence-corrected chi connectivity index (χ2v) is 8.69. The van der Waals surface area contributed by atoms with E-state index in [-0.39, 0.29) is 17.5 Å². The number of aryl methyl sites for hydroxylation is 2. The SMILES string of the molecule is CCCCCOc1ccc(C2CCC(CCc3ccc(C)cc3F)CC2)c(F)c1F. The molecule has 3 rings (SSSR count). The summed E-state index contributed by atoms with van der Waals surface area (Å²) in [5, 5.41) is 0. The molecule has 164 valence electrons. The van der Waals surface area contributed by atoms with Gasteiger partial charge in [-0.25, -0.2) is 8.78 Å². The fourth-order valence-corrected chi connectivity index (χ4v) is 4.48. The number of unbranched alkanes of at least 4 members (excludes halogenated alkanes) is 2. The van der Waals surface area contributed by atoms with Crippen LogP contribution < -0.4 is 4.74 Å². The highest BCUT2D eigenvalue weighted by atomic mass is 19.2. The van der Waals surface area contributed by atoms with Crippen molar-refractivity contribution in [3.8, 4) is 5.75 Å². The summed E-state index contributed by atoms with van der Waals surface area (Å²) in [6.07, 6.45) is 8.20. The molecule has 1 nitrogen and oxygen atoms in total. The molecule has 1 saturated carbocycles. The number of hydrogen-bond acceptors (Lipinski definition) is 1. The molecule has 1 fully saturated rings. The molecule has 1 aliphatic carbocycles. The van der Waals surface area contributed by atoms with Gasteiger partial charge in [-0.2, -0.15) is 4.39 Å². The van der Waals surface area contributed by atoms with Crippen molar-refractivity contribution in [3.63, 3.8) is 0 Å². The van der Waals surface area contributed by atoms with Crippen molar-refractivity contribution >= 4 is 0 Å². The van der Waals surface area contributed by atoms with Crippen LogP contribution in [0, 0.1) is 30.3 Å². The highest BCUT2D eigenvalue weighted by Crippen LogP contribution is 2.40. The molecule has 0 atom stereocenters. The predicted molar refractivity (Wildman–Crippen MR) is 116 cm³/mol. The first kappa shape index (κ1) is 22.7. The highest BCUT2D eigenvalue weighted by molar-refractivity contribution is 5.33. The molecule has 0 bridgehead atoms. The van der Waals surface area contributed by atoms with Gasteiger partial charge in [0.1, 0.15) is 5.82 Å². The van der Waals surface area contributed by atoms with Crippen molar-refractivity contribution in [2.45, 2.75) is 77.6 Å². The van der Waals surface area contributed by atoms with Crippen LogP contribution >= 0.6 is 0 Å². The lowest BCUT2D eigenvalue weighted by molar-refractivity contribution is 0.281. The molecule has 0 saturated heterocycles. The third-order valence-corrected chi connectivity index (χ3v) is 6.40. The molecular formula is C26H33F3O. The fourth-order valence-electron chi connectivity index (χ4n) is 4.48. The van der Waals surface area contributed by atoms with Gasteiger partial charge >= 0.3 is 0 Å². The van der Waals surface area contributed by atoms with E-state index >= 15 is 0 Å². The van der Waals surface area contributed by atoms with Crippen LogP contribution in [-0.2, 0) is 6.42 Å². The molecular weight excluding hydrogens is 385 g/mol. The van der Waals surface area contributed by atoms with Crippen molar-refractivity contribution in [2.75, 3.05) is 6.61 Å². The van der Waals surface area contributed by atoms with Gasteiger partial charge in [-0.3, -0.25) is 0 Å². The standard InChI is InChI=1S/C26H33F3O/c1-3-4-5-16-30-24-15-14-22(25(28)26(24)29)20-11-7-19(8-12-20)9-13-21-10-6-18(2)17-23(21)27/h6,10,14-15,17,19-20H,3-5,7-9,11-13,16H2,1-2H3. The van der Waals surface area contributed by atoms with Crippen LogP contribution in [0.15, 0.2) is 30.3 Å². The molecule has 0 heterocycles. The maximum Gasteiger partial charge on any atom is 0.200 e. The van der Waals surface area contributed by atoms with Gasteiger partial charge in [0.25, 0.3) is 0 Å². The van der Waals surface area contributed by atoms with E-state index in [1.807, 2.05) is 19.1 Å². The maximum atomic E-state index is 14.7. The van der Waals surface area contributed by atoms with Gasteiger partial charge in [-0.1, -0.05) is 38.0 Å². The van der Waals surface area contributed by atoms with Gasteiger partial charge in [-0.05, 0) is 92.5 Å². The molecule has 0 radical (unpaired) electrons. The minimum absolute atomic E-state index is 0.0150. The van der Waals surface area contributed by atoms with E-state index in [0.717, 1.165) is 68.9 Å². The molecule has 0 amide bonds. The van der Waals surface area contributed by atoms with E-state index in [1.54, 1.807) is 18.2 Å². The summed E-state index contributed by atoms with van der Waals surface area (Å²) in [6.45, 7) is 4.39. The van der Waals surface area contributed by atoms with Crippen LogP contribution in [-0.4, -0.2) is 6.61 Å². The number of rotatable bonds is 9. The van der Waals surface area contributed by atoms with Gasteiger partial charge in [-0.15, -0.1) is 0 Å². The summed E-state index contributed by atoms with van der Waals surface area (Å²) >= 11 is 0. The van der Waals surface area contributed by atoms with Crippen molar-refractivity contribution in [1.29, 1.82) is 0 Å². The van der Waals surface area contributed by atoms with Crippen LogP contribution in [0.1, 0.15) is 80.9 Å². The van der Waals surface area contributed by atoms with E-state index < -0.39 is 11.6 Å². The molecule has 0 N–H and O–H groups in total. The van der Waals surface area contributed by atoms with Crippen molar-refractivity contribution in [1.82, 2.24) is 0 Å². The summed E-state index contributed by atoms with van der Waals surface area (Å²) in [7, 11) is 0. The second kappa shape index (κ2) is 10.9. The Morgan fingerprint density at radius 3 is 2.40 bits per heavy atom. The molecule has 30 heavy (non-hydrogen) atoms. The van der Waals surface area contributed by atoms with E-state index in [2.05, 4.69) is 6.92 Å². The lowest BCUT2D eigenvalue weighted by Gasteiger charge is -2.29. The molecule has 4 heteroatoms. The van der Waals surface area contributed by atoms with Crippen LogP contribution in [0.3, 0.4) is 0 Å². The Balaban J connectivity index is 1.52. The van der Waals surface area contributed by atoms with Gasteiger partial charge < -0.3 is 4.74 Å². The Kier molecular flexibility index (Phi) is 8.24. The largest absolute Gasteiger partial charge is 0.490 e. The number of hydrogen-bond donors (Lipinski definition) is 0. The number of benzene rings is 2. The summed E-state index contributed by atoms with van der Waals surface area (Å²) in [4.78, 5) is 0. The predicted octanol–water partition coefficient (Wildman–Crippen LogP) is 7.89. The topological polar surface area (TPSA) is 9.23 Å². The van der Waals surface area contributed by atoms with Crippen LogP contribution in [0.25, 0.3) is 0 Å². The first-order valence-electron chi connectivity index (χ1n) is 11.3. The zero-order valence-corrected chi connectivity index (χ0v) is 18.2. The smallest absolute Gasteiger partial charge is 0.200 e. The van der Waals surface area contributed by atoms with Crippen molar-refractivity contribution < 1.29 is 17.9 Å². The molecule has 2 aromatic carbocycles. The average Bonchev–Trinajstić information content (AvgIpc) is 2.74. The molecule has 0 unspecified atom stereocenters. The lowest BCUT2D eigenvalue weighted by atomic mass is 9.76. The Labute approximate surface area is 178 Å². The number of halogens is 3. The molecule has 0 aliphatic heterocycles. The average molecular weight is 419 g/mol. The summed E-state index contributed by atoms with van der Waals surface area (Å²) in [5.41, 5.74) is 2.17. The summed E-state index contributed by atoms with van der Waals surface area (Å²) < 4.78 is 48.6. The maximum absolute atomic E-state index is 14.7. The first-order chi connectivity index (χ1) is 14.5. The first-order valence-corrected chi connectivity index (χ1v) is 11.3. The van der Waals surface area contributed by atoms with Crippen LogP contribution in [0.5, 0.6) is 5.75 Å². The van der Waals surface area contributed by atoms with Crippen molar-refractivity contribution in [2.24, 2.45) is 5.92 Å². The molecule has 2 aromatic rings. The summed E-state index contributed by atoms with van der Waals surface area (Å²) in [6, 6.07) is 8.68. The quantitative estimate of drug-likeness (QED) is 0.376. The minimum atomic E-state index is -0.860. The third kappa shape index (κ3) is 5.80. The highest BCUT2D eigenvalue weighted by Gasteiger charge is 2.26. The van der Waals surface area contributed by atoms with Crippen LogP contribution in [0.4, 0.5) is 13.2 Å². The van der Waals surface area contributed by atoms with Crippen LogP contribution in [0.2, 0.25) is 0 Å². The zero-order chi connectivity index (χ0) is 21.5. The fraction of sp³-hybridized carbons (Fsp3) is 0.538. The van der Waals surface area contributed by atoms with Gasteiger partial charge in [0, 0.05) is 0 Å². The Morgan fingerprint density at radius 2 is 1.70 bits per heavy atom. The zero-order valence-electron chi connectivity index (χ0n) is 18.2.